The zero-order valence-corrected chi connectivity index (χ0v) is 15.6. The van der Waals surface area contributed by atoms with Crippen LogP contribution in [-0.4, -0.2) is 9.91 Å². The fourth-order valence-corrected chi connectivity index (χ4v) is 3.23. The van der Waals surface area contributed by atoms with E-state index in [1.54, 1.807) is 18.5 Å². The fourth-order valence-electron chi connectivity index (χ4n) is 3.23. The van der Waals surface area contributed by atoms with Gasteiger partial charge in [-0.3, -0.25) is 15.1 Å². The van der Waals surface area contributed by atoms with Gasteiger partial charge >= 0.3 is 0 Å². The number of ether oxygens (including phenoxy) is 1. The molecule has 4 aromatic rings. The summed E-state index contributed by atoms with van der Waals surface area (Å²) < 4.78 is 5.83. The van der Waals surface area contributed by atoms with Crippen LogP contribution in [0.4, 0.5) is 5.69 Å². The van der Waals surface area contributed by atoms with Gasteiger partial charge in [-0.25, -0.2) is 0 Å². The second kappa shape index (κ2) is 8.35. The van der Waals surface area contributed by atoms with E-state index in [0.29, 0.717) is 17.9 Å². The Morgan fingerprint density at radius 1 is 0.793 bits per heavy atom. The van der Waals surface area contributed by atoms with E-state index in [9.17, 15) is 10.1 Å². The Balaban J connectivity index is 1.68. The summed E-state index contributed by atoms with van der Waals surface area (Å²) in [4.78, 5) is 15.4. The number of hydrogen-bond acceptors (Lipinski definition) is 4. The quantitative estimate of drug-likeness (QED) is 0.307. The second-order valence-electron chi connectivity index (χ2n) is 6.49. The van der Waals surface area contributed by atoms with Gasteiger partial charge in [0.1, 0.15) is 12.4 Å². The van der Waals surface area contributed by atoms with E-state index in [1.807, 2.05) is 72.8 Å². The van der Waals surface area contributed by atoms with Crippen molar-refractivity contribution < 1.29 is 9.66 Å². The third-order valence-electron chi connectivity index (χ3n) is 4.62. The number of nitrogens with zero attached hydrogens (tertiary/aromatic N) is 2. The van der Waals surface area contributed by atoms with Crippen molar-refractivity contribution in [3.8, 4) is 28.0 Å². The van der Waals surface area contributed by atoms with Crippen molar-refractivity contribution >= 4 is 5.69 Å². The van der Waals surface area contributed by atoms with Crippen LogP contribution in [0.2, 0.25) is 0 Å². The van der Waals surface area contributed by atoms with Crippen molar-refractivity contribution in [1.82, 2.24) is 4.98 Å². The van der Waals surface area contributed by atoms with Gasteiger partial charge in [-0.1, -0.05) is 54.6 Å². The summed E-state index contributed by atoms with van der Waals surface area (Å²) in [7, 11) is 0. The molecule has 4 rings (SSSR count). The molecular weight excluding hydrogens is 364 g/mol. The summed E-state index contributed by atoms with van der Waals surface area (Å²) in [5.41, 5.74) is 4.16. The number of hydrogen-bond donors (Lipinski definition) is 0. The molecule has 0 unspecified atom stereocenters. The molecule has 0 amide bonds. The monoisotopic (exact) mass is 382 g/mol. The van der Waals surface area contributed by atoms with Crippen LogP contribution in [0.15, 0.2) is 97.3 Å². The maximum Gasteiger partial charge on any atom is 0.277 e. The minimum atomic E-state index is -0.347. The zero-order valence-electron chi connectivity index (χ0n) is 15.6. The molecule has 0 aliphatic rings. The lowest BCUT2D eigenvalue weighted by atomic mass is 9.93. The van der Waals surface area contributed by atoms with Crippen molar-refractivity contribution in [1.29, 1.82) is 0 Å². The number of pyridine rings is 1. The smallest absolute Gasteiger partial charge is 0.277 e. The summed E-state index contributed by atoms with van der Waals surface area (Å²) in [5.74, 6) is 0.710. The Hall–Kier alpha value is -3.99. The highest BCUT2D eigenvalue weighted by atomic mass is 16.6. The molecule has 0 atom stereocenters. The first-order valence-electron chi connectivity index (χ1n) is 9.17. The predicted molar refractivity (Wildman–Crippen MR) is 113 cm³/mol. The van der Waals surface area contributed by atoms with Gasteiger partial charge in [0.2, 0.25) is 0 Å². The van der Waals surface area contributed by atoms with E-state index in [1.165, 1.54) is 6.07 Å². The third-order valence-corrected chi connectivity index (χ3v) is 4.62. The molecule has 0 aliphatic heterocycles. The van der Waals surface area contributed by atoms with Gasteiger partial charge in [0.05, 0.1) is 10.5 Å². The largest absolute Gasteiger partial charge is 0.489 e. The average molecular weight is 382 g/mol. The van der Waals surface area contributed by atoms with Crippen molar-refractivity contribution in [3.63, 3.8) is 0 Å². The minimum Gasteiger partial charge on any atom is -0.489 e. The number of benzene rings is 3. The molecule has 0 spiro atoms. The molecule has 0 saturated heterocycles. The molecule has 5 heteroatoms. The lowest BCUT2D eigenvalue weighted by Crippen LogP contribution is -1.96. The first-order chi connectivity index (χ1) is 14.2. The lowest BCUT2D eigenvalue weighted by molar-refractivity contribution is -0.384. The molecule has 0 N–H and O–H groups in total. The first kappa shape index (κ1) is 18.4. The Morgan fingerprint density at radius 3 is 2.21 bits per heavy atom. The molecule has 142 valence electrons. The van der Waals surface area contributed by atoms with E-state index < -0.39 is 0 Å². The van der Waals surface area contributed by atoms with Crippen LogP contribution < -0.4 is 4.74 Å². The predicted octanol–water partition coefficient (Wildman–Crippen LogP) is 5.90. The van der Waals surface area contributed by atoms with Crippen molar-refractivity contribution in [3.05, 3.63) is 113 Å². The standard InChI is InChI=1S/C24H18N2O3/c27-26(28)23-8-4-7-22(19-13-15-25-16-14-19)24(23)20-9-11-21(12-10-20)29-17-18-5-2-1-3-6-18/h1-16H,17H2. The molecule has 0 fully saturated rings. The van der Waals surface area contributed by atoms with Crippen molar-refractivity contribution in [2.75, 3.05) is 0 Å². The number of nitro benzene ring substituents is 1. The number of rotatable bonds is 6. The SMILES string of the molecule is O=[N+]([O-])c1cccc(-c2ccncc2)c1-c1ccc(OCc2ccccc2)cc1. The normalized spacial score (nSPS) is 10.5. The minimum absolute atomic E-state index is 0.0669. The highest BCUT2D eigenvalue weighted by molar-refractivity contribution is 5.89. The molecule has 1 aromatic heterocycles. The van der Waals surface area contributed by atoms with Gasteiger partial charge < -0.3 is 4.74 Å². The third kappa shape index (κ3) is 4.14. The van der Waals surface area contributed by atoms with Gasteiger partial charge in [-0.15, -0.1) is 0 Å². The lowest BCUT2D eigenvalue weighted by Gasteiger charge is -2.12. The molecule has 0 saturated carbocycles. The topological polar surface area (TPSA) is 65.3 Å². The Labute approximate surface area is 168 Å². The van der Waals surface area contributed by atoms with Gasteiger partial charge in [-0.05, 0) is 46.5 Å². The van der Waals surface area contributed by atoms with Crippen LogP contribution in [0.3, 0.4) is 0 Å². The fraction of sp³-hybridized carbons (Fsp3) is 0.0417. The van der Waals surface area contributed by atoms with Crippen LogP contribution in [0, 0.1) is 10.1 Å². The highest BCUT2D eigenvalue weighted by Gasteiger charge is 2.20. The van der Waals surface area contributed by atoms with Gasteiger partial charge in [-0.2, -0.15) is 0 Å². The summed E-state index contributed by atoms with van der Waals surface area (Å²) >= 11 is 0. The van der Waals surface area contributed by atoms with Crippen LogP contribution >= 0.6 is 0 Å². The first-order valence-corrected chi connectivity index (χ1v) is 9.17. The molecule has 1 heterocycles. The van der Waals surface area contributed by atoms with Crippen LogP contribution in [0.25, 0.3) is 22.3 Å². The molecule has 5 nitrogen and oxygen atoms in total. The van der Waals surface area contributed by atoms with Crippen LogP contribution in [0.1, 0.15) is 5.56 Å². The molecule has 3 aromatic carbocycles. The Kier molecular flexibility index (Phi) is 5.29. The maximum atomic E-state index is 11.7. The number of aromatic nitrogens is 1. The average Bonchev–Trinajstić information content (AvgIpc) is 2.79. The summed E-state index contributed by atoms with van der Waals surface area (Å²) in [6.45, 7) is 0.466. The molecule has 0 aliphatic carbocycles. The van der Waals surface area contributed by atoms with Gasteiger partial charge in [0.25, 0.3) is 5.69 Å². The summed E-state index contributed by atoms with van der Waals surface area (Å²) in [6.07, 6.45) is 3.36. The van der Waals surface area contributed by atoms with Gasteiger partial charge in [0, 0.05) is 18.5 Å². The van der Waals surface area contributed by atoms with Crippen molar-refractivity contribution in [2.24, 2.45) is 0 Å². The molecule has 0 bridgehead atoms. The highest BCUT2D eigenvalue weighted by Crippen LogP contribution is 2.39. The Morgan fingerprint density at radius 2 is 1.52 bits per heavy atom. The zero-order chi connectivity index (χ0) is 20.1. The molecule has 29 heavy (non-hydrogen) atoms. The van der Waals surface area contributed by atoms with E-state index >= 15 is 0 Å². The van der Waals surface area contributed by atoms with Crippen molar-refractivity contribution in [2.45, 2.75) is 6.61 Å². The van der Waals surface area contributed by atoms with Crippen LogP contribution in [-0.2, 0) is 6.61 Å². The second-order valence-corrected chi connectivity index (χ2v) is 6.49. The molecular formula is C24H18N2O3. The van der Waals surface area contributed by atoms with Gasteiger partial charge in [0.15, 0.2) is 0 Å². The molecule has 0 radical (unpaired) electrons. The van der Waals surface area contributed by atoms with E-state index in [-0.39, 0.29) is 10.6 Å². The maximum absolute atomic E-state index is 11.7. The summed E-state index contributed by atoms with van der Waals surface area (Å²) in [5, 5.41) is 11.7. The van der Waals surface area contributed by atoms with E-state index in [2.05, 4.69) is 4.98 Å². The van der Waals surface area contributed by atoms with E-state index in [4.69, 9.17) is 4.74 Å². The van der Waals surface area contributed by atoms with E-state index in [0.717, 1.165) is 22.3 Å². The summed E-state index contributed by atoms with van der Waals surface area (Å²) in [6, 6.07) is 26.1. The van der Waals surface area contributed by atoms with Crippen LogP contribution in [0.5, 0.6) is 5.75 Å². The Bertz CT molecular complexity index is 1110. The number of nitro groups is 1.